The first-order valence-electron chi connectivity index (χ1n) is 10.6. The molecule has 1 aliphatic rings. The topological polar surface area (TPSA) is 101 Å². The van der Waals surface area contributed by atoms with Gasteiger partial charge in [-0.15, -0.1) is 0 Å². The minimum Gasteiger partial charge on any atom is -0.381 e. The lowest BCUT2D eigenvalue weighted by atomic mass is 10.1. The van der Waals surface area contributed by atoms with Crippen LogP contribution in [-0.2, 0) is 26.2 Å². The van der Waals surface area contributed by atoms with Crippen LogP contribution >= 0.6 is 0 Å². The molecule has 0 unspecified atom stereocenters. The Hall–Kier alpha value is -2.39. The molecular formula is C23H28N2O5S. The van der Waals surface area contributed by atoms with Crippen molar-refractivity contribution >= 4 is 26.7 Å². The normalized spacial score (nSPS) is 15.4. The number of rotatable bonds is 9. The summed E-state index contributed by atoms with van der Waals surface area (Å²) < 4.78 is 41.7. The number of fused-ring (bicyclic) bond motifs is 1. The maximum absolute atomic E-state index is 10.8. The molecule has 0 aliphatic carbocycles. The lowest BCUT2D eigenvalue weighted by Gasteiger charge is -2.24. The van der Waals surface area contributed by atoms with Crippen LogP contribution in [0, 0.1) is 0 Å². The van der Waals surface area contributed by atoms with Gasteiger partial charge in [-0.05, 0) is 48.6 Å². The van der Waals surface area contributed by atoms with Gasteiger partial charge < -0.3 is 19.8 Å². The van der Waals surface area contributed by atoms with Gasteiger partial charge in [-0.3, -0.25) is 4.55 Å². The third-order valence-corrected chi connectivity index (χ3v) is 6.22. The van der Waals surface area contributed by atoms with Gasteiger partial charge in [0, 0.05) is 36.9 Å². The summed E-state index contributed by atoms with van der Waals surface area (Å²) in [5.74, 6) is -0.291. The van der Waals surface area contributed by atoms with Crippen LogP contribution in [-0.4, -0.2) is 49.6 Å². The van der Waals surface area contributed by atoms with Gasteiger partial charge in [-0.1, -0.05) is 30.3 Å². The van der Waals surface area contributed by atoms with Crippen LogP contribution in [0.25, 0.3) is 22.2 Å². The van der Waals surface area contributed by atoms with Gasteiger partial charge in [-0.2, -0.15) is 8.42 Å². The quantitative estimate of drug-likeness (QED) is 0.337. The van der Waals surface area contributed by atoms with Crippen molar-refractivity contribution < 1.29 is 22.4 Å². The number of hydrogen-bond donors (Lipinski definition) is 3. The first-order valence-corrected chi connectivity index (χ1v) is 12.2. The minimum atomic E-state index is -3.95. The highest BCUT2D eigenvalue weighted by Gasteiger charge is 2.16. The summed E-state index contributed by atoms with van der Waals surface area (Å²) in [5, 5.41) is 4.76. The lowest BCUT2D eigenvalue weighted by Crippen LogP contribution is -2.28. The number of anilines is 1. The van der Waals surface area contributed by atoms with Crippen LogP contribution in [0.3, 0.4) is 0 Å². The second-order valence-corrected chi connectivity index (χ2v) is 9.45. The van der Waals surface area contributed by atoms with E-state index in [1.165, 1.54) is 0 Å². The molecule has 7 nitrogen and oxygen atoms in total. The SMILES string of the molecule is O=S(=O)(O)CCCOCc1cc(NC2CCOCC2)c2[nH]c(-c3ccccc3)cc2c1. The first kappa shape index (κ1) is 21.8. The summed E-state index contributed by atoms with van der Waals surface area (Å²) in [4.78, 5) is 3.56. The van der Waals surface area contributed by atoms with Gasteiger partial charge in [0.1, 0.15) is 0 Å². The Balaban J connectivity index is 1.55. The number of ether oxygens (including phenoxy) is 2. The van der Waals surface area contributed by atoms with Gasteiger partial charge >= 0.3 is 0 Å². The fourth-order valence-corrected chi connectivity index (χ4v) is 4.35. The van der Waals surface area contributed by atoms with Crippen LogP contribution in [0.5, 0.6) is 0 Å². The molecule has 2 aromatic carbocycles. The highest BCUT2D eigenvalue weighted by atomic mass is 32.2. The molecule has 8 heteroatoms. The van der Waals surface area contributed by atoms with Gasteiger partial charge in [0.2, 0.25) is 0 Å². The Labute approximate surface area is 182 Å². The van der Waals surface area contributed by atoms with Gasteiger partial charge in [-0.25, -0.2) is 0 Å². The molecule has 0 bridgehead atoms. The number of benzene rings is 2. The molecule has 4 rings (SSSR count). The molecule has 166 valence electrons. The number of H-pyrrole nitrogens is 1. The van der Waals surface area contributed by atoms with E-state index in [-0.39, 0.29) is 18.8 Å². The van der Waals surface area contributed by atoms with Gasteiger partial charge in [0.15, 0.2) is 0 Å². The Bertz CT molecular complexity index is 1110. The van der Waals surface area contributed by atoms with Crippen molar-refractivity contribution in [2.45, 2.75) is 31.9 Å². The molecule has 1 aliphatic heterocycles. The van der Waals surface area contributed by atoms with Crippen molar-refractivity contribution in [3.05, 3.63) is 54.1 Å². The highest BCUT2D eigenvalue weighted by Crippen LogP contribution is 2.31. The third kappa shape index (κ3) is 6.07. The van der Waals surface area contributed by atoms with Crippen molar-refractivity contribution in [3.63, 3.8) is 0 Å². The monoisotopic (exact) mass is 444 g/mol. The molecular weight excluding hydrogens is 416 g/mol. The van der Waals surface area contributed by atoms with Gasteiger partial charge in [0.25, 0.3) is 10.1 Å². The molecule has 0 radical (unpaired) electrons. The van der Waals surface area contributed by atoms with E-state index in [1.54, 1.807) is 0 Å². The smallest absolute Gasteiger partial charge is 0.264 e. The second kappa shape index (κ2) is 9.82. The Kier molecular flexibility index (Phi) is 6.92. The fraction of sp³-hybridized carbons (Fsp3) is 0.391. The number of nitrogens with one attached hydrogen (secondary N) is 2. The van der Waals surface area contributed by atoms with Crippen molar-refractivity contribution in [1.29, 1.82) is 0 Å². The van der Waals surface area contributed by atoms with Crippen molar-refractivity contribution in [2.24, 2.45) is 0 Å². The zero-order valence-electron chi connectivity index (χ0n) is 17.3. The van der Waals surface area contributed by atoms with Crippen LogP contribution in [0.15, 0.2) is 48.5 Å². The maximum Gasteiger partial charge on any atom is 0.264 e. The number of hydrogen-bond acceptors (Lipinski definition) is 5. The lowest BCUT2D eigenvalue weighted by molar-refractivity contribution is 0.0904. The Morgan fingerprint density at radius 3 is 2.65 bits per heavy atom. The summed E-state index contributed by atoms with van der Waals surface area (Å²) in [7, 11) is -3.95. The molecule has 1 aromatic heterocycles. The maximum atomic E-state index is 10.8. The third-order valence-electron chi connectivity index (χ3n) is 5.41. The highest BCUT2D eigenvalue weighted by molar-refractivity contribution is 7.85. The van der Waals surface area contributed by atoms with Crippen molar-refractivity contribution in [1.82, 2.24) is 4.98 Å². The zero-order chi connectivity index (χ0) is 21.7. The standard InChI is InChI=1S/C23H28N2O5S/c26-31(27,28)12-4-9-30-16-17-13-19-15-21(18-5-2-1-3-6-18)25-23(19)22(14-17)24-20-7-10-29-11-8-20/h1-3,5-6,13-15,20,24-25H,4,7-12,16H2,(H,26,27,28). The van der Waals surface area contributed by atoms with E-state index in [9.17, 15) is 8.42 Å². The summed E-state index contributed by atoms with van der Waals surface area (Å²) >= 11 is 0. The Morgan fingerprint density at radius 1 is 1.13 bits per heavy atom. The van der Waals surface area contributed by atoms with Crippen LogP contribution in [0.1, 0.15) is 24.8 Å². The second-order valence-electron chi connectivity index (χ2n) is 7.88. The molecule has 0 amide bonds. The zero-order valence-corrected chi connectivity index (χ0v) is 18.2. The predicted octanol–water partition coefficient (Wildman–Crippen LogP) is 4.22. The van der Waals surface area contributed by atoms with E-state index in [0.717, 1.165) is 59.5 Å². The van der Waals surface area contributed by atoms with Gasteiger partial charge in [0.05, 0.1) is 23.6 Å². The number of aromatic amines is 1. The van der Waals surface area contributed by atoms with Crippen molar-refractivity contribution in [3.8, 4) is 11.3 Å². The van der Waals surface area contributed by atoms with E-state index < -0.39 is 10.1 Å². The average Bonchev–Trinajstić information content (AvgIpc) is 3.19. The largest absolute Gasteiger partial charge is 0.381 e. The van der Waals surface area contributed by atoms with E-state index in [2.05, 4.69) is 40.6 Å². The molecule has 31 heavy (non-hydrogen) atoms. The van der Waals surface area contributed by atoms with Crippen LogP contribution in [0.4, 0.5) is 5.69 Å². The molecule has 0 saturated carbocycles. The fourth-order valence-electron chi connectivity index (χ4n) is 3.87. The molecule has 3 aromatic rings. The van der Waals surface area contributed by atoms with Crippen LogP contribution in [0.2, 0.25) is 0 Å². The number of aromatic nitrogens is 1. The minimum absolute atomic E-state index is 0.260. The van der Waals surface area contributed by atoms with E-state index in [1.807, 2.05) is 18.2 Å². The summed E-state index contributed by atoms with van der Waals surface area (Å²) in [6.45, 7) is 2.16. The molecule has 1 saturated heterocycles. The predicted molar refractivity (Wildman–Crippen MR) is 122 cm³/mol. The molecule has 3 N–H and O–H groups in total. The Morgan fingerprint density at radius 2 is 1.90 bits per heavy atom. The van der Waals surface area contributed by atoms with E-state index in [0.29, 0.717) is 12.6 Å². The summed E-state index contributed by atoms with van der Waals surface area (Å²) in [5.41, 5.74) is 5.27. The molecule has 0 atom stereocenters. The average molecular weight is 445 g/mol. The molecule has 0 spiro atoms. The molecule has 1 fully saturated rings. The van der Waals surface area contributed by atoms with E-state index >= 15 is 0 Å². The first-order chi connectivity index (χ1) is 15.0. The summed E-state index contributed by atoms with van der Waals surface area (Å²) in [6, 6.07) is 16.9. The van der Waals surface area contributed by atoms with Crippen LogP contribution < -0.4 is 5.32 Å². The van der Waals surface area contributed by atoms with Crippen molar-refractivity contribution in [2.75, 3.05) is 30.9 Å². The molecule has 2 heterocycles. The summed E-state index contributed by atoms with van der Waals surface area (Å²) in [6.07, 6.45) is 2.19. The van der Waals surface area contributed by atoms with E-state index in [4.69, 9.17) is 14.0 Å².